The van der Waals surface area contributed by atoms with Crippen LogP contribution in [0.1, 0.15) is 34.6 Å². The van der Waals surface area contributed by atoms with Crippen molar-refractivity contribution in [2.75, 3.05) is 27.4 Å². The molecular formula is C17H34O6Si. The van der Waals surface area contributed by atoms with Gasteiger partial charge in [0.15, 0.2) is 20.4 Å². The summed E-state index contributed by atoms with van der Waals surface area (Å²) in [5.41, 5.74) is -0.731. The van der Waals surface area contributed by atoms with Crippen LogP contribution in [-0.2, 0) is 28.1 Å². The van der Waals surface area contributed by atoms with Crippen molar-refractivity contribution in [2.45, 2.75) is 82.6 Å². The minimum absolute atomic E-state index is 0.118. The van der Waals surface area contributed by atoms with E-state index in [-0.39, 0.29) is 17.2 Å². The van der Waals surface area contributed by atoms with Crippen LogP contribution < -0.4 is 0 Å². The van der Waals surface area contributed by atoms with Crippen molar-refractivity contribution in [1.29, 1.82) is 0 Å². The average molecular weight is 363 g/mol. The van der Waals surface area contributed by atoms with Gasteiger partial charge in [-0.1, -0.05) is 20.8 Å². The molecule has 0 aromatic rings. The van der Waals surface area contributed by atoms with Crippen LogP contribution in [0.5, 0.6) is 0 Å². The quantitative estimate of drug-likeness (QED) is 0.677. The summed E-state index contributed by atoms with van der Waals surface area (Å²) in [5.74, 6) is -0.675. The first kappa shape index (κ1) is 20.3. The smallest absolute Gasteiger partial charge is 0.192 e. The van der Waals surface area contributed by atoms with Crippen LogP contribution in [0.4, 0.5) is 0 Å². The summed E-state index contributed by atoms with van der Waals surface area (Å²) in [6.07, 6.45) is -1.07. The van der Waals surface area contributed by atoms with E-state index in [2.05, 4.69) is 33.9 Å². The molecule has 24 heavy (non-hydrogen) atoms. The number of rotatable bonds is 6. The van der Waals surface area contributed by atoms with Gasteiger partial charge in [0.1, 0.15) is 17.8 Å². The number of methoxy groups -OCH3 is 2. The second kappa shape index (κ2) is 6.61. The first-order chi connectivity index (χ1) is 10.9. The molecule has 2 aliphatic rings. The van der Waals surface area contributed by atoms with Crippen molar-refractivity contribution >= 4 is 8.32 Å². The normalized spacial score (nSPS) is 36.1. The number of fused-ring (bicyclic) bond motifs is 1. The van der Waals surface area contributed by atoms with E-state index in [1.54, 1.807) is 14.2 Å². The molecule has 0 spiro atoms. The number of hydrogen-bond acceptors (Lipinski definition) is 6. The molecule has 2 rings (SSSR count). The number of hydrogen-bond donors (Lipinski definition) is 0. The summed E-state index contributed by atoms with van der Waals surface area (Å²) in [4.78, 5) is 0. The first-order valence-corrected chi connectivity index (χ1v) is 11.5. The Morgan fingerprint density at radius 3 is 2.12 bits per heavy atom. The van der Waals surface area contributed by atoms with E-state index in [9.17, 15) is 0 Å². The molecule has 0 unspecified atom stereocenters. The Balaban J connectivity index is 2.19. The lowest BCUT2D eigenvalue weighted by molar-refractivity contribution is -0.255. The molecule has 2 heterocycles. The second-order valence-corrected chi connectivity index (χ2v) is 13.6. The van der Waals surface area contributed by atoms with Gasteiger partial charge in [-0.15, -0.1) is 0 Å². The van der Waals surface area contributed by atoms with Gasteiger partial charge in [0.2, 0.25) is 0 Å². The Hall–Kier alpha value is -0.0231. The lowest BCUT2D eigenvalue weighted by atomic mass is 9.97. The molecule has 0 bridgehead atoms. The Morgan fingerprint density at radius 1 is 1.00 bits per heavy atom. The zero-order chi connectivity index (χ0) is 18.4. The molecule has 0 aromatic carbocycles. The number of ether oxygens (including phenoxy) is 5. The van der Waals surface area contributed by atoms with E-state index >= 15 is 0 Å². The zero-order valence-corrected chi connectivity index (χ0v) is 17.6. The van der Waals surface area contributed by atoms with Crippen LogP contribution in [0.2, 0.25) is 18.1 Å². The second-order valence-electron chi connectivity index (χ2n) is 8.79. The van der Waals surface area contributed by atoms with Crippen LogP contribution in [-0.4, -0.2) is 65.6 Å². The lowest BCUT2D eigenvalue weighted by Crippen LogP contribution is -2.55. The predicted molar refractivity (Wildman–Crippen MR) is 93.5 cm³/mol. The molecule has 2 aliphatic heterocycles. The van der Waals surface area contributed by atoms with Crippen molar-refractivity contribution in [3.63, 3.8) is 0 Å². The van der Waals surface area contributed by atoms with Crippen molar-refractivity contribution in [3.8, 4) is 0 Å². The highest BCUT2D eigenvalue weighted by atomic mass is 28.4. The predicted octanol–water partition coefficient (Wildman–Crippen LogP) is 2.92. The molecule has 142 valence electrons. The van der Waals surface area contributed by atoms with Crippen molar-refractivity contribution in [1.82, 2.24) is 0 Å². The fourth-order valence-electron chi connectivity index (χ4n) is 3.04. The summed E-state index contributed by atoms with van der Waals surface area (Å²) in [7, 11) is 1.40. The molecule has 6 nitrogen and oxygen atoms in total. The van der Waals surface area contributed by atoms with Gasteiger partial charge in [0.05, 0.1) is 13.2 Å². The van der Waals surface area contributed by atoms with Gasteiger partial charge in [0.25, 0.3) is 0 Å². The molecule has 0 saturated carbocycles. The molecule has 0 N–H and O–H groups in total. The minimum atomic E-state index is -1.93. The molecule has 4 atom stereocenters. The Bertz CT molecular complexity index is 447. The summed E-state index contributed by atoms with van der Waals surface area (Å²) in [5, 5.41) is 0.118. The third kappa shape index (κ3) is 3.72. The van der Waals surface area contributed by atoms with Crippen LogP contribution in [0.3, 0.4) is 0 Å². The van der Waals surface area contributed by atoms with Crippen LogP contribution in [0, 0.1) is 0 Å². The maximum atomic E-state index is 6.43. The Labute approximate surface area is 147 Å². The fraction of sp³-hybridized carbons (Fsp3) is 1.00. The van der Waals surface area contributed by atoms with E-state index in [0.29, 0.717) is 13.2 Å². The third-order valence-electron chi connectivity index (χ3n) is 5.38. The molecule has 2 fully saturated rings. The van der Waals surface area contributed by atoms with E-state index < -0.39 is 26.0 Å². The maximum Gasteiger partial charge on any atom is 0.192 e. The largest absolute Gasteiger partial charge is 0.414 e. The summed E-state index contributed by atoms with van der Waals surface area (Å²) >= 11 is 0. The van der Waals surface area contributed by atoms with Gasteiger partial charge in [-0.3, -0.25) is 0 Å². The lowest BCUT2D eigenvalue weighted by Gasteiger charge is -2.41. The van der Waals surface area contributed by atoms with Crippen LogP contribution in [0.25, 0.3) is 0 Å². The van der Waals surface area contributed by atoms with Crippen molar-refractivity contribution in [2.24, 2.45) is 0 Å². The van der Waals surface area contributed by atoms with Crippen molar-refractivity contribution in [3.05, 3.63) is 0 Å². The molecule has 0 aromatic heterocycles. The zero-order valence-electron chi connectivity index (χ0n) is 16.6. The molecule has 0 radical (unpaired) electrons. The van der Waals surface area contributed by atoms with E-state index in [1.807, 2.05) is 13.8 Å². The van der Waals surface area contributed by atoms with E-state index in [4.69, 9.17) is 28.1 Å². The molecule has 0 amide bonds. The van der Waals surface area contributed by atoms with Gasteiger partial charge in [0, 0.05) is 14.2 Å². The van der Waals surface area contributed by atoms with Gasteiger partial charge in [-0.05, 0) is 32.0 Å². The molecule has 7 heteroatoms. The van der Waals surface area contributed by atoms with E-state index in [1.165, 1.54) is 0 Å². The summed E-state index contributed by atoms with van der Waals surface area (Å²) in [6, 6.07) is 0. The standard InChI is InChI=1S/C17H34O6Si/c1-15(2,3)24(8,9)20-11-17(10-18-6)13(19-7)12-14(23-17)22-16(4,5)21-12/h12-14H,10-11H2,1-9H3/t12-,13-,14+,17+/m1/s1. The van der Waals surface area contributed by atoms with Crippen molar-refractivity contribution < 1.29 is 28.1 Å². The first-order valence-electron chi connectivity index (χ1n) is 8.57. The fourth-order valence-corrected chi connectivity index (χ4v) is 4.08. The highest BCUT2D eigenvalue weighted by molar-refractivity contribution is 6.74. The average Bonchev–Trinajstić information content (AvgIpc) is 2.84. The van der Waals surface area contributed by atoms with Gasteiger partial charge in [-0.2, -0.15) is 0 Å². The van der Waals surface area contributed by atoms with Gasteiger partial charge >= 0.3 is 0 Å². The molecular weight excluding hydrogens is 328 g/mol. The SMILES string of the molecule is COC[C@@]1(CO[Si](C)(C)C(C)(C)C)O[C@@H]2OC(C)(C)O[C@@H]2[C@H]1OC. The monoisotopic (exact) mass is 362 g/mol. The Kier molecular flexibility index (Phi) is 5.59. The highest BCUT2D eigenvalue weighted by Crippen LogP contribution is 2.45. The van der Waals surface area contributed by atoms with Gasteiger partial charge in [-0.25, -0.2) is 0 Å². The highest BCUT2D eigenvalue weighted by Gasteiger charge is 2.63. The third-order valence-corrected chi connectivity index (χ3v) is 9.86. The summed E-state index contributed by atoms with van der Waals surface area (Å²) < 4.78 is 35.8. The topological polar surface area (TPSA) is 55.4 Å². The van der Waals surface area contributed by atoms with E-state index in [0.717, 1.165) is 0 Å². The Morgan fingerprint density at radius 2 is 1.62 bits per heavy atom. The van der Waals surface area contributed by atoms with Crippen LogP contribution in [0.15, 0.2) is 0 Å². The van der Waals surface area contributed by atoms with Crippen LogP contribution >= 0.6 is 0 Å². The minimum Gasteiger partial charge on any atom is -0.414 e. The maximum absolute atomic E-state index is 6.43. The van der Waals surface area contributed by atoms with Gasteiger partial charge < -0.3 is 28.1 Å². The summed E-state index contributed by atoms with van der Waals surface area (Å²) in [6.45, 7) is 15.6. The molecule has 0 aliphatic carbocycles. The molecule has 2 saturated heterocycles.